The lowest BCUT2D eigenvalue weighted by molar-refractivity contribution is 0.380. The molecular formula is C23H23ClO3S. The van der Waals surface area contributed by atoms with Gasteiger partial charge in [-0.3, -0.25) is 0 Å². The van der Waals surface area contributed by atoms with Gasteiger partial charge in [0.1, 0.15) is 11.5 Å². The minimum Gasteiger partial charge on any atom is -0.507 e. The second-order valence-corrected chi connectivity index (χ2v) is 8.92. The normalized spacial score (nSPS) is 16.1. The molecule has 2 atom stereocenters. The molecule has 1 aromatic carbocycles. The van der Waals surface area contributed by atoms with Crippen LogP contribution in [-0.4, -0.2) is 5.11 Å². The maximum atomic E-state index is 12.9. The quantitative estimate of drug-likeness (QED) is 0.490. The first-order chi connectivity index (χ1) is 13.6. The molecule has 1 aliphatic carbocycles. The summed E-state index contributed by atoms with van der Waals surface area (Å²) in [6.45, 7) is 2.06. The van der Waals surface area contributed by atoms with Crippen molar-refractivity contribution in [3.63, 3.8) is 0 Å². The van der Waals surface area contributed by atoms with Gasteiger partial charge in [-0.1, -0.05) is 36.7 Å². The van der Waals surface area contributed by atoms with Gasteiger partial charge in [0, 0.05) is 27.8 Å². The minimum absolute atomic E-state index is 0.0231. The third kappa shape index (κ3) is 4.03. The van der Waals surface area contributed by atoms with Gasteiger partial charge < -0.3 is 9.52 Å². The van der Waals surface area contributed by atoms with Crippen LogP contribution >= 0.6 is 22.9 Å². The van der Waals surface area contributed by atoms with Crippen molar-refractivity contribution in [2.24, 2.45) is 5.92 Å². The van der Waals surface area contributed by atoms with Gasteiger partial charge in [-0.2, -0.15) is 0 Å². The van der Waals surface area contributed by atoms with Crippen molar-refractivity contribution in [2.45, 2.75) is 44.4 Å². The summed E-state index contributed by atoms with van der Waals surface area (Å²) in [5.74, 6) is 0.974. The summed E-state index contributed by atoms with van der Waals surface area (Å²) in [5, 5.41) is 13.5. The van der Waals surface area contributed by atoms with Crippen LogP contribution in [0.5, 0.6) is 5.75 Å². The molecule has 1 N–H and O–H groups in total. The molecule has 28 heavy (non-hydrogen) atoms. The van der Waals surface area contributed by atoms with Crippen LogP contribution in [-0.2, 0) is 6.42 Å². The molecule has 0 amide bonds. The van der Waals surface area contributed by atoms with Crippen molar-refractivity contribution < 1.29 is 9.52 Å². The molecule has 0 spiro atoms. The first-order valence-corrected chi connectivity index (χ1v) is 11.0. The van der Waals surface area contributed by atoms with Crippen molar-refractivity contribution in [3.8, 4) is 5.75 Å². The van der Waals surface area contributed by atoms with E-state index in [2.05, 4.69) is 6.92 Å². The maximum absolute atomic E-state index is 12.9. The molecule has 0 radical (unpaired) electrons. The molecule has 1 saturated carbocycles. The summed E-state index contributed by atoms with van der Waals surface area (Å²) >= 11 is 7.60. The second-order valence-electron chi connectivity index (χ2n) is 7.50. The van der Waals surface area contributed by atoms with Crippen LogP contribution in [0.15, 0.2) is 57.1 Å². The van der Waals surface area contributed by atoms with Crippen molar-refractivity contribution in [2.75, 3.05) is 0 Å². The molecule has 0 aliphatic heterocycles. The van der Waals surface area contributed by atoms with E-state index in [1.807, 2.05) is 41.8 Å². The largest absolute Gasteiger partial charge is 0.507 e. The van der Waals surface area contributed by atoms with Crippen molar-refractivity contribution in [1.29, 1.82) is 0 Å². The summed E-state index contributed by atoms with van der Waals surface area (Å²) in [6.07, 6.45) is 3.70. The van der Waals surface area contributed by atoms with Gasteiger partial charge in [0.15, 0.2) is 0 Å². The molecule has 4 rings (SSSR count). The molecule has 3 aromatic rings. The Kier molecular flexibility index (Phi) is 5.61. The van der Waals surface area contributed by atoms with E-state index in [0.717, 1.165) is 36.1 Å². The lowest BCUT2D eigenvalue weighted by Crippen LogP contribution is -2.17. The average Bonchev–Trinajstić information content (AvgIpc) is 3.37. The van der Waals surface area contributed by atoms with E-state index in [1.54, 1.807) is 17.4 Å². The number of benzene rings is 1. The van der Waals surface area contributed by atoms with Crippen molar-refractivity contribution in [3.05, 3.63) is 85.1 Å². The fraction of sp³-hybridized carbons (Fsp3) is 0.348. The highest BCUT2D eigenvalue weighted by Crippen LogP contribution is 2.49. The zero-order valence-corrected chi connectivity index (χ0v) is 17.3. The van der Waals surface area contributed by atoms with Crippen molar-refractivity contribution in [1.82, 2.24) is 0 Å². The molecule has 3 nitrogen and oxygen atoms in total. The number of hydrogen-bond donors (Lipinski definition) is 1. The first kappa shape index (κ1) is 19.3. The highest BCUT2D eigenvalue weighted by molar-refractivity contribution is 7.10. The van der Waals surface area contributed by atoms with Crippen LogP contribution < -0.4 is 5.63 Å². The van der Waals surface area contributed by atoms with Gasteiger partial charge in [0.2, 0.25) is 0 Å². The summed E-state index contributed by atoms with van der Waals surface area (Å²) in [5.41, 5.74) is 1.13. The van der Waals surface area contributed by atoms with Crippen LogP contribution in [0.2, 0.25) is 5.02 Å². The maximum Gasteiger partial charge on any atom is 0.343 e. The number of thiophene rings is 1. The fourth-order valence-electron chi connectivity index (χ4n) is 3.86. The number of aromatic hydroxyl groups is 1. The number of rotatable bonds is 7. The Hall–Kier alpha value is -2.04. The zero-order valence-electron chi connectivity index (χ0n) is 15.7. The van der Waals surface area contributed by atoms with E-state index in [9.17, 15) is 9.90 Å². The Morgan fingerprint density at radius 1 is 1.25 bits per heavy atom. The van der Waals surface area contributed by atoms with Gasteiger partial charge in [0.05, 0.1) is 5.56 Å². The Labute approximate surface area is 173 Å². The van der Waals surface area contributed by atoms with Gasteiger partial charge in [-0.05, 0) is 60.7 Å². The van der Waals surface area contributed by atoms with Crippen LogP contribution in [0.4, 0.5) is 0 Å². The second kappa shape index (κ2) is 8.14. The molecule has 146 valence electrons. The highest BCUT2D eigenvalue weighted by Gasteiger charge is 2.38. The molecule has 2 aromatic heterocycles. The van der Waals surface area contributed by atoms with Gasteiger partial charge in [-0.25, -0.2) is 4.79 Å². The van der Waals surface area contributed by atoms with Crippen molar-refractivity contribution >= 4 is 22.9 Å². The summed E-state index contributed by atoms with van der Waals surface area (Å²) in [4.78, 5) is 14.0. The predicted molar refractivity (Wildman–Crippen MR) is 114 cm³/mol. The summed E-state index contributed by atoms with van der Waals surface area (Å²) in [7, 11) is 0. The van der Waals surface area contributed by atoms with Crippen LogP contribution in [0.1, 0.15) is 59.8 Å². The number of halogens is 1. The third-order valence-electron chi connectivity index (χ3n) is 5.53. The predicted octanol–water partition coefficient (Wildman–Crippen LogP) is 6.34. The van der Waals surface area contributed by atoms with Crippen LogP contribution in [0, 0.1) is 5.92 Å². The van der Waals surface area contributed by atoms with E-state index in [0.29, 0.717) is 22.3 Å². The third-order valence-corrected chi connectivity index (χ3v) is 6.74. The topological polar surface area (TPSA) is 50.4 Å². The van der Waals surface area contributed by atoms with E-state index >= 15 is 0 Å². The van der Waals surface area contributed by atoms with Gasteiger partial charge in [-0.15, -0.1) is 11.3 Å². The smallest absolute Gasteiger partial charge is 0.343 e. The lowest BCUT2D eigenvalue weighted by Gasteiger charge is -2.18. The Bertz CT molecular complexity index is 988. The van der Waals surface area contributed by atoms with Gasteiger partial charge in [0.25, 0.3) is 0 Å². The average molecular weight is 415 g/mol. The summed E-state index contributed by atoms with van der Waals surface area (Å²) in [6, 6.07) is 13.4. The molecule has 2 heterocycles. The standard InChI is InChI=1S/C23H23ClO3S/c1-2-15(12-14-5-9-17(24)10-6-14)19-13-18(25)22(23(26)27-19)21(16-7-8-16)20-4-3-11-28-20/h3-6,9-11,13,15-16,21,25H,2,7-8,12H2,1H3. The lowest BCUT2D eigenvalue weighted by atomic mass is 9.90. The monoisotopic (exact) mass is 414 g/mol. The van der Waals surface area contributed by atoms with E-state index < -0.39 is 5.63 Å². The molecule has 0 bridgehead atoms. The SMILES string of the molecule is CCC(Cc1ccc(Cl)cc1)c1cc(O)c(C(c2cccs2)C2CC2)c(=O)o1. The van der Waals surface area contributed by atoms with E-state index in [1.165, 1.54) is 0 Å². The molecule has 1 fully saturated rings. The zero-order chi connectivity index (χ0) is 19.7. The molecule has 1 aliphatic rings. The first-order valence-electron chi connectivity index (χ1n) is 9.71. The highest BCUT2D eigenvalue weighted by atomic mass is 35.5. The number of hydrogen-bond acceptors (Lipinski definition) is 4. The Balaban J connectivity index is 1.66. The molecular weight excluding hydrogens is 392 g/mol. The Morgan fingerprint density at radius 2 is 2.00 bits per heavy atom. The van der Waals surface area contributed by atoms with E-state index in [-0.39, 0.29) is 17.6 Å². The Morgan fingerprint density at radius 3 is 2.57 bits per heavy atom. The fourth-order valence-corrected chi connectivity index (χ4v) is 4.91. The molecule has 0 saturated heterocycles. The van der Waals surface area contributed by atoms with Crippen LogP contribution in [0.25, 0.3) is 0 Å². The van der Waals surface area contributed by atoms with E-state index in [4.69, 9.17) is 16.0 Å². The summed E-state index contributed by atoms with van der Waals surface area (Å²) < 4.78 is 5.76. The molecule has 2 unspecified atom stereocenters. The van der Waals surface area contributed by atoms with Gasteiger partial charge >= 0.3 is 5.63 Å². The molecule has 5 heteroatoms. The minimum atomic E-state index is -0.408. The van der Waals surface area contributed by atoms with Crippen LogP contribution in [0.3, 0.4) is 0 Å².